The van der Waals surface area contributed by atoms with Gasteiger partial charge in [-0.15, -0.1) is 0 Å². The van der Waals surface area contributed by atoms with E-state index < -0.39 is 17.2 Å². The molecule has 156 valence electrons. The molecule has 0 spiro atoms. The fourth-order valence-corrected chi connectivity index (χ4v) is 4.53. The summed E-state index contributed by atoms with van der Waals surface area (Å²) in [5, 5.41) is 3.17. The average molecular weight is 462 g/mol. The first-order chi connectivity index (χ1) is 13.8. The first-order valence-electron chi connectivity index (χ1n) is 10.3. The summed E-state index contributed by atoms with van der Waals surface area (Å²) in [5.74, 6) is 1.65. The summed E-state index contributed by atoms with van der Waals surface area (Å²) in [6.45, 7) is 6.23. The van der Waals surface area contributed by atoms with Crippen LogP contribution >= 0.6 is 15.9 Å². The Hall–Kier alpha value is -2.02. The Labute approximate surface area is 179 Å². The lowest BCUT2D eigenvalue weighted by atomic mass is 9.81. The van der Waals surface area contributed by atoms with E-state index >= 15 is 0 Å². The summed E-state index contributed by atoms with van der Waals surface area (Å²) in [6, 6.07) is 6.01. The molecule has 1 amide bonds. The molecule has 1 aromatic carbocycles. The molecule has 7 heteroatoms. The lowest BCUT2D eigenvalue weighted by Gasteiger charge is -2.37. The van der Waals surface area contributed by atoms with Gasteiger partial charge in [-0.05, 0) is 51.8 Å². The fourth-order valence-electron chi connectivity index (χ4n) is 4.19. The lowest BCUT2D eigenvalue weighted by molar-refractivity contribution is 0.0412. The van der Waals surface area contributed by atoms with Crippen molar-refractivity contribution < 1.29 is 14.3 Å². The van der Waals surface area contributed by atoms with E-state index in [4.69, 9.17) is 14.5 Å². The molecule has 0 saturated heterocycles. The Morgan fingerprint density at radius 2 is 2.03 bits per heavy atom. The number of carbonyl (C=O) groups is 1. The van der Waals surface area contributed by atoms with Gasteiger partial charge in [-0.1, -0.05) is 35.2 Å². The van der Waals surface area contributed by atoms with E-state index in [0.717, 1.165) is 65.1 Å². The van der Waals surface area contributed by atoms with Crippen molar-refractivity contribution >= 4 is 22.0 Å². The summed E-state index contributed by atoms with van der Waals surface area (Å²) in [5.41, 5.74) is 1.88. The molecule has 29 heavy (non-hydrogen) atoms. The molecule has 2 heterocycles. The van der Waals surface area contributed by atoms with Crippen LogP contribution in [0.25, 0.3) is 11.3 Å². The predicted molar refractivity (Wildman–Crippen MR) is 115 cm³/mol. The second-order valence-corrected chi connectivity index (χ2v) is 9.84. The Morgan fingerprint density at radius 3 is 2.76 bits per heavy atom. The van der Waals surface area contributed by atoms with Gasteiger partial charge < -0.3 is 19.8 Å². The third-order valence-electron chi connectivity index (χ3n) is 5.49. The van der Waals surface area contributed by atoms with E-state index in [-0.39, 0.29) is 0 Å². The second kappa shape index (κ2) is 7.67. The normalized spacial score (nSPS) is 18.1. The highest BCUT2D eigenvalue weighted by Crippen LogP contribution is 2.41. The fraction of sp³-hybridized carbons (Fsp3) is 0.545. The average Bonchev–Trinajstić information content (AvgIpc) is 2.98. The molecule has 1 aliphatic heterocycles. The van der Waals surface area contributed by atoms with Crippen LogP contribution in [0.2, 0.25) is 0 Å². The predicted octanol–water partition coefficient (Wildman–Crippen LogP) is 5.46. The number of nitrogens with one attached hydrogen (secondary N) is 2. The van der Waals surface area contributed by atoms with Crippen molar-refractivity contribution in [1.82, 2.24) is 15.3 Å². The van der Waals surface area contributed by atoms with Gasteiger partial charge in [0.2, 0.25) is 0 Å². The monoisotopic (exact) mass is 461 g/mol. The van der Waals surface area contributed by atoms with Crippen molar-refractivity contribution in [2.45, 2.75) is 70.4 Å². The number of fused-ring (bicyclic) bond motifs is 3. The van der Waals surface area contributed by atoms with Crippen molar-refractivity contribution in [2.24, 2.45) is 0 Å². The number of alkyl carbamates (subject to hydrolysis) is 1. The molecule has 2 aliphatic rings. The molecule has 0 radical (unpaired) electrons. The van der Waals surface area contributed by atoms with Gasteiger partial charge in [-0.3, -0.25) is 0 Å². The molecular formula is C22H28BrN3O3. The molecule has 1 aliphatic carbocycles. The Balaban J connectivity index is 1.71. The number of imidazole rings is 1. The van der Waals surface area contributed by atoms with Gasteiger partial charge >= 0.3 is 6.09 Å². The van der Waals surface area contributed by atoms with Gasteiger partial charge in [0, 0.05) is 22.2 Å². The molecule has 0 atom stereocenters. The van der Waals surface area contributed by atoms with Crippen LogP contribution in [0.1, 0.15) is 64.4 Å². The molecular weight excluding hydrogens is 434 g/mol. The van der Waals surface area contributed by atoms with Gasteiger partial charge in [0.05, 0.1) is 12.3 Å². The number of rotatable bonds is 2. The number of ether oxygens (including phenoxy) is 2. The number of aromatic amines is 1. The number of halogens is 1. The quantitative estimate of drug-likeness (QED) is 0.622. The van der Waals surface area contributed by atoms with E-state index in [1.807, 2.05) is 39.0 Å². The van der Waals surface area contributed by atoms with Crippen LogP contribution in [0.3, 0.4) is 0 Å². The third kappa shape index (κ3) is 4.29. The van der Waals surface area contributed by atoms with Gasteiger partial charge in [0.15, 0.2) is 0 Å². The van der Waals surface area contributed by atoms with Crippen LogP contribution in [0.15, 0.2) is 22.7 Å². The van der Waals surface area contributed by atoms with Crippen LogP contribution in [-0.2, 0) is 16.7 Å². The van der Waals surface area contributed by atoms with Crippen molar-refractivity contribution in [1.29, 1.82) is 0 Å². The SMILES string of the molecule is CC(C)(C)OC(=O)NC1(c2nc3c([nH]2)CCOc2cc(Br)ccc2-3)CCCCC1. The minimum absolute atomic E-state index is 0.390. The number of carbonyl (C=O) groups excluding carboxylic acids is 1. The maximum atomic E-state index is 12.6. The number of hydrogen-bond donors (Lipinski definition) is 2. The molecule has 0 unspecified atom stereocenters. The second-order valence-electron chi connectivity index (χ2n) is 8.92. The first kappa shape index (κ1) is 20.3. The molecule has 6 nitrogen and oxygen atoms in total. The molecule has 4 rings (SSSR count). The number of H-pyrrole nitrogens is 1. The number of benzene rings is 1. The topological polar surface area (TPSA) is 76.2 Å². The lowest BCUT2D eigenvalue weighted by Crippen LogP contribution is -2.49. The maximum absolute atomic E-state index is 12.6. The minimum atomic E-state index is -0.538. The number of hydrogen-bond acceptors (Lipinski definition) is 4. The third-order valence-corrected chi connectivity index (χ3v) is 5.98. The zero-order valence-corrected chi connectivity index (χ0v) is 18.8. The number of aromatic nitrogens is 2. The van der Waals surface area contributed by atoms with Crippen molar-refractivity contribution in [3.05, 3.63) is 34.2 Å². The standard InChI is InChI=1S/C22H28BrN3O3/c1-21(2,3)29-20(27)26-22(10-5-4-6-11-22)19-24-16-9-12-28-17-13-14(23)7-8-15(17)18(16)25-19/h7-8,13H,4-6,9-12H2,1-3H3,(H,24,25)(H,26,27). The molecule has 0 bridgehead atoms. The van der Waals surface area contributed by atoms with Crippen LogP contribution in [0.4, 0.5) is 4.79 Å². The van der Waals surface area contributed by atoms with Gasteiger partial charge in [-0.2, -0.15) is 0 Å². The summed E-state index contributed by atoms with van der Waals surface area (Å²) < 4.78 is 12.5. The maximum Gasteiger partial charge on any atom is 0.408 e. The van der Waals surface area contributed by atoms with Gasteiger partial charge in [0.1, 0.15) is 22.7 Å². The highest BCUT2D eigenvalue weighted by atomic mass is 79.9. The molecule has 2 N–H and O–H groups in total. The van der Waals surface area contributed by atoms with Crippen LogP contribution in [0.5, 0.6) is 5.75 Å². The highest BCUT2D eigenvalue weighted by Gasteiger charge is 2.40. The Kier molecular flexibility index (Phi) is 5.36. The first-order valence-corrected chi connectivity index (χ1v) is 11.1. The summed E-state index contributed by atoms with van der Waals surface area (Å²) in [4.78, 5) is 21.2. The molecule has 1 fully saturated rings. The number of nitrogens with zero attached hydrogens (tertiary/aromatic N) is 1. The van der Waals surface area contributed by atoms with E-state index in [1.165, 1.54) is 6.42 Å². The smallest absolute Gasteiger partial charge is 0.408 e. The van der Waals surface area contributed by atoms with E-state index in [0.29, 0.717) is 6.61 Å². The van der Waals surface area contributed by atoms with Crippen LogP contribution in [-0.4, -0.2) is 28.3 Å². The summed E-state index contributed by atoms with van der Waals surface area (Å²) in [6.07, 6.45) is 5.32. The highest BCUT2D eigenvalue weighted by molar-refractivity contribution is 9.10. The van der Waals surface area contributed by atoms with Crippen molar-refractivity contribution in [3.63, 3.8) is 0 Å². The molecule has 2 aromatic rings. The van der Waals surface area contributed by atoms with E-state index in [2.05, 4.69) is 26.2 Å². The summed E-state index contributed by atoms with van der Waals surface area (Å²) in [7, 11) is 0. The number of amides is 1. The van der Waals surface area contributed by atoms with E-state index in [9.17, 15) is 4.79 Å². The zero-order chi connectivity index (χ0) is 20.6. The van der Waals surface area contributed by atoms with E-state index in [1.54, 1.807) is 0 Å². The minimum Gasteiger partial charge on any atom is -0.492 e. The van der Waals surface area contributed by atoms with Gasteiger partial charge in [-0.25, -0.2) is 9.78 Å². The van der Waals surface area contributed by atoms with Crippen LogP contribution < -0.4 is 10.1 Å². The zero-order valence-electron chi connectivity index (χ0n) is 17.2. The van der Waals surface area contributed by atoms with Crippen LogP contribution in [0, 0.1) is 0 Å². The Morgan fingerprint density at radius 1 is 1.28 bits per heavy atom. The Bertz CT molecular complexity index is 911. The summed E-state index contributed by atoms with van der Waals surface area (Å²) >= 11 is 3.51. The molecule has 1 aromatic heterocycles. The van der Waals surface area contributed by atoms with Gasteiger partial charge in [0.25, 0.3) is 0 Å². The molecule has 1 saturated carbocycles. The largest absolute Gasteiger partial charge is 0.492 e. The van der Waals surface area contributed by atoms with Crippen molar-refractivity contribution in [2.75, 3.05) is 6.61 Å². The van der Waals surface area contributed by atoms with Crippen molar-refractivity contribution in [3.8, 4) is 17.0 Å².